The SMILES string of the molecule is Cc1ccnc(NC(C)C2(S(C)(=O)=O)CC2)n1. The number of aromatic nitrogens is 2. The van der Waals surface area contributed by atoms with Crippen molar-refractivity contribution in [2.24, 2.45) is 0 Å². The van der Waals surface area contributed by atoms with Gasteiger partial charge < -0.3 is 5.32 Å². The lowest BCUT2D eigenvalue weighted by Crippen LogP contribution is -2.39. The van der Waals surface area contributed by atoms with Gasteiger partial charge in [-0.05, 0) is 32.8 Å². The van der Waals surface area contributed by atoms with E-state index < -0.39 is 14.6 Å². The lowest BCUT2D eigenvalue weighted by atomic mass is 10.2. The van der Waals surface area contributed by atoms with Gasteiger partial charge in [-0.15, -0.1) is 0 Å². The fourth-order valence-corrected chi connectivity index (χ4v) is 3.64. The van der Waals surface area contributed by atoms with E-state index in [0.29, 0.717) is 18.8 Å². The highest BCUT2D eigenvalue weighted by Crippen LogP contribution is 2.46. The molecule has 2 rings (SSSR count). The van der Waals surface area contributed by atoms with Crippen molar-refractivity contribution in [2.45, 2.75) is 37.5 Å². The molecular formula is C11H17N3O2S. The standard InChI is InChI=1S/C11H17N3O2S/c1-8-4-7-12-10(13-8)14-9(2)11(5-6-11)17(3,15)16/h4,7,9H,5-6H2,1-3H3,(H,12,13,14). The Hall–Kier alpha value is -1.17. The quantitative estimate of drug-likeness (QED) is 0.874. The van der Waals surface area contributed by atoms with Gasteiger partial charge in [0.1, 0.15) is 0 Å². The predicted octanol–water partition coefficient (Wildman–Crippen LogP) is 1.16. The summed E-state index contributed by atoms with van der Waals surface area (Å²) in [5.74, 6) is 0.493. The minimum absolute atomic E-state index is 0.167. The van der Waals surface area contributed by atoms with Gasteiger partial charge in [-0.1, -0.05) is 0 Å². The summed E-state index contributed by atoms with van der Waals surface area (Å²) in [5.41, 5.74) is 0.860. The van der Waals surface area contributed by atoms with Crippen LogP contribution in [0.5, 0.6) is 0 Å². The maximum Gasteiger partial charge on any atom is 0.223 e. The third-order valence-electron chi connectivity index (χ3n) is 3.41. The molecule has 1 heterocycles. The van der Waals surface area contributed by atoms with E-state index >= 15 is 0 Å². The van der Waals surface area contributed by atoms with Crippen LogP contribution in [0.2, 0.25) is 0 Å². The summed E-state index contributed by atoms with van der Waals surface area (Å²) in [4.78, 5) is 8.31. The molecule has 94 valence electrons. The summed E-state index contributed by atoms with van der Waals surface area (Å²) in [7, 11) is -3.04. The molecule has 17 heavy (non-hydrogen) atoms. The molecule has 1 aromatic rings. The topological polar surface area (TPSA) is 72.0 Å². The molecule has 0 bridgehead atoms. The molecule has 0 spiro atoms. The van der Waals surface area contributed by atoms with Crippen LogP contribution in [0.1, 0.15) is 25.5 Å². The number of sulfone groups is 1. The molecule has 5 nitrogen and oxygen atoms in total. The van der Waals surface area contributed by atoms with E-state index in [2.05, 4.69) is 15.3 Å². The molecule has 1 aromatic heterocycles. The highest BCUT2D eigenvalue weighted by molar-refractivity contribution is 7.92. The van der Waals surface area contributed by atoms with Crippen molar-refractivity contribution in [2.75, 3.05) is 11.6 Å². The number of hydrogen-bond acceptors (Lipinski definition) is 5. The molecular weight excluding hydrogens is 238 g/mol. The van der Waals surface area contributed by atoms with Crippen molar-refractivity contribution in [3.8, 4) is 0 Å². The summed E-state index contributed by atoms with van der Waals surface area (Å²) in [5, 5.41) is 3.09. The van der Waals surface area contributed by atoms with Gasteiger partial charge in [0.05, 0.1) is 4.75 Å². The molecule has 1 unspecified atom stereocenters. The third kappa shape index (κ3) is 2.26. The summed E-state index contributed by atoms with van der Waals surface area (Å²) in [6, 6.07) is 1.64. The molecule has 0 saturated heterocycles. The molecule has 1 N–H and O–H groups in total. The van der Waals surface area contributed by atoms with Crippen LogP contribution in [-0.2, 0) is 9.84 Å². The molecule has 0 amide bonds. The highest BCUT2D eigenvalue weighted by Gasteiger charge is 2.56. The summed E-state index contributed by atoms with van der Waals surface area (Å²) in [6.07, 6.45) is 4.39. The van der Waals surface area contributed by atoms with Crippen molar-refractivity contribution in [3.05, 3.63) is 18.0 Å². The number of nitrogens with one attached hydrogen (secondary N) is 1. The average Bonchev–Trinajstić information content (AvgIpc) is 2.96. The fourth-order valence-electron chi connectivity index (χ4n) is 2.09. The van der Waals surface area contributed by atoms with Crippen molar-refractivity contribution in [1.29, 1.82) is 0 Å². The summed E-state index contributed by atoms with van der Waals surface area (Å²) >= 11 is 0. The Balaban J connectivity index is 2.16. The first-order valence-corrected chi connectivity index (χ1v) is 7.50. The van der Waals surface area contributed by atoms with E-state index in [1.165, 1.54) is 6.26 Å². The van der Waals surface area contributed by atoms with E-state index in [9.17, 15) is 8.42 Å². The molecule has 1 atom stereocenters. The molecule has 1 fully saturated rings. The van der Waals surface area contributed by atoms with Crippen LogP contribution in [0, 0.1) is 6.92 Å². The second-order valence-corrected chi connectivity index (χ2v) is 7.08. The second-order valence-electron chi connectivity index (χ2n) is 4.72. The van der Waals surface area contributed by atoms with E-state index in [4.69, 9.17) is 0 Å². The maximum absolute atomic E-state index is 11.7. The minimum atomic E-state index is -3.04. The number of hydrogen-bond donors (Lipinski definition) is 1. The first-order chi connectivity index (χ1) is 7.85. The number of nitrogens with zero attached hydrogens (tertiary/aromatic N) is 2. The Morgan fingerprint density at radius 2 is 2.12 bits per heavy atom. The predicted molar refractivity (Wildman–Crippen MR) is 66.7 cm³/mol. The van der Waals surface area contributed by atoms with Crippen LogP contribution in [0.4, 0.5) is 5.95 Å². The van der Waals surface area contributed by atoms with Gasteiger partial charge in [0.15, 0.2) is 9.84 Å². The maximum atomic E-state index is 11.7. The Kier molecular flexibility index (Phi) is 2.85. The van der Waals surface area contributed by atoms with Crippen molar-refractivity contribution in [3.63, 3.8) is 0 Å². The van der Waals surface area contributed by atoms with Crippen LogP contribution < -0.4 is 5.32 Å². The van der Waals surface area contributed by atoms with Gasteiger partial charge in [-0.2, -0.15) is 0 Å². The minimum Gasteiger partial charge on any atom is -0.350 e. The first-order valence-electron chi connectivity index (χ1n) is 5.61. The molecule has 0 aromatic carbocycles. The van der Waals surface area contributed by atoms with Crippen LogP contribution in [0.15, 0.2) is 12.3 Å². The van der Waals surface area contributed by atoms with Crippen molar-refractivity contribution in [1.82, 2.24) is 9.97 Å². The van der Waals surface area contributed by atoms with Gasteiger partial charge in [0, 0.05) is 24.2 Å². The smallest absolute Gasteiger partial charge is 0.223 e. The molecule has 6 heteroatoms. The molecule has 1 aliphatic rings. The monoisotopic (exact) mass is 255 g/mol. The van der Waals surface area contributed by atoms with Gasteiger partial charge in [0.25, 0.3) is 0 Å². The van der Waals surface area contributed by atoms with Crippen molar-refractivity contribution >= 4 is 15.8 Å². The zero-order valence-corrected chi connectivity index (χ0v) is 11.1. The van der Waals surface area contributed by atoms with Gasteiger partial charge in [-0.3, -0.25) is 0 Å². The number of aryl methyl sites for hydroxylation is 1. The highest BCUT2D eigenvalue weighted by atomic mass is 32.2. The number of rotatable bonds is 4. The van der Waals surface area contributed by atoms with Crippen LogP contribution in [0.3, 0.4) is 0 Å². The lowest BCUT2D eigenvalue weighted by Gasteiger charge is -2.22. The van der Waals surface area contributed by atoms with E-state index in [1.54, 1.807) is 12.3 Å². The van der Waals surface area contributed by atoms with E-state index in [0.717, 1.165) is 5.69 Å². The zero-order chi connectivity index (χ0) is 12.7. The van der Waals surface area contributed by atoms with Crippen LogP contribution in [0.25, 0.3) is 0 Å². The largest absolute Gasteiger partial charge is 0.350 e. The van der Waals surface area contributed by atoms with Gasteiger partial charge in [0.2, 0.25) is 5.95 Å². The van der Waals surface area contributed by atoms with Gasteiger partial charge >= 0.3 is 0 Å². The normalized spacial score (nSPS) is 19.7. The average molecular weight is 255 g/mol. The van der Waals surface area contributed by atoms with Crippen LogP contribution in [-0.4, -0.2) is 35.4 Å². The van der Waals surface area contributed by atoms with Gasteiger partial charge in [-0.25, -0.2) is 18.4 Å². The zero-order valence-electron chi connectivity index (χ0n) is 10.3. The summed E-state index contributed by atoms with van der Waals surface area (Å²) in [6.45, 7) is 3.75. The van der Waals surface area contributed by atoms with Crippen LogP contribution >= 0.6 is 0 Å². The Morgan fingerprint density at radius 1 is 1.47 bits per heavy atom. The van der Waals surface area contributed by atoms with E-state index in [-0.39, 0.29) is 6.04 Å². The third-order valence-corrected chi connectivity index (χ3v) is 5.65. The molecule has 0 aliphatic heterocycles. The fraction of sp³-hybridized carbons (Fsp3) is 0.636. The molecule has 0 radical (unpaired) electrons. The van der Waals surface area contributed by atoms with E-state index in [1.807, 2.05) is 13.8 Å². The number of anilines is 1. The van der Waals surface area contributed by atoms with Crippen molar-refractivity contribution < 1.29 is 8.42 Å². The Labute approximate surface area is 102 Å². The summed E-state index contributed by atoms with van der Waals surface area (Å²) < 4.78 is 22.8. The Morgan fingerprint density at radius 3 is 2.59 bits per heavy atom. The molecule has 1 saturated carbocycles. The molecule has 1 aliphatic carbocycles. The first kappa shape index (κ1) is 12.3. The lowest BCUT2D eigenvalue weighted by molar-refractivity contribution is 0.567. The second kappa shape index (κ2) is 3.94. The Bertz CT molecular complexity index is 523.